The number of benzene rings is 1. The number of amides is 3. The molecule has 3 aliphatic rings. The molecule has 2 saturated carbocycles. The van der Waals surface area contributed by atoms with Crippen LogP contribution in [0.15, 0.2) is 16.6 Å². The van der Waals surface area contributed by atoms with Crippen molar-refractivity contribution >= 4 is 45.3 Å². The zero-order valence-electron chi connectivity index (χ0n) is 17.1. The zero-order chi connectivity index (χ0) is 21.6. The van der Waals surface area contributed by atoms with Crippen molar-refractivity contribution in [2.24, 2.45) is 23.7 Å². The monoisotopic (exact) mass is 476 g/mol. The lowest BCUT2D eigenvalue weighted by atomic mass is 9.81. The van der Waals surface area contributed by atoms with E-state index in [-0.39, 0.29) is 36.6 Å². The Bertz CT molecular complexity index is 879. The molecule has 1 aromatic carbocycles. The third-order valence-electron chi connectivity index (χ3n) is 6.64. The van der Waals surface area contributed by atoms with Crippen LogP contribution >= 0.6 is 15.9 Å². The third-order valence-corrected chi connectivity index (χ3v) is 7.89. The molecule has 1 N–H and O–H groups in total. The molecule has 0 spiro atoms. The van der Waals surface area contributed by atoms with Crippen LogP contribution in [-0.2, 0) is 23.9 Å². The maximum atomic E-state index is 12.6. The van der Waals surface area contributed by atoms with E-state index in [1.165, 1.54) is 4.90 Å². The van der Waals surface area contributed by atoms with Crippen LogP contribution in [0.5, 0.6) is 0 Å². The lowest BCUT2D eigenvalue weighted by molar-refractivity contribution is -0.149. The van der Waals surface area contributed by atoms with Gasteiger partial charge in [0.2, 0.25) is 11.8 Å². The first-order valence-corrected chi connectivity index (χ1v) is 11.1. The van der Waals surface area contributed by atoms with E-state index in [9.17, 15) is 19.2 Å². The summed E-state index contributed by atoms with van der Waals surface area (Å²) in [6.07, 6.45) is 2.92. The lowest BCUT2D eigenvalue weighted by Gasteiger charge is -2.19. The molecule has 30 heavy (non-hydrogen) atoms. The molecule has 1 heterocycles. The summed E-state index contributed by atoms with van der Waals surface area (Å²) in [6.45, 7) is 3.46. The van der Waals surface area contributed by atoms with Crippen LogP contribution < -0.4 is 5.32 Å². The van der Waals surface area contributed by atoms with Crippen molar-refractivity contribution in [3.8, 4) is 0 Å². The number of halogens is 1. The van der Waals surface area contributed by atoms with E-state index >= 15 is 0 Å². The second kappa shape index (κ2) is 8.13. The van der Waals surface area contributed by atoms with Gasteiger partial charge in [0.15, 0.2) is 6.61 Å². The summed E-state index contributed by atoms with van der Waals surface area (Å²) < 4.78 is 6.01. The molecule has 4 atom stereocenters. The standard InChI is InChI=1S/C22H25BrN2O5/c1-11-7-15(8-12(2)20(11)23)24-16(26)10-30-17(27)5-6-25-21(28)18-13-3-4-14(9-13)19(18)22(25)29/h7-8,13-14,18-19H,3-6,9-10H2,1-2H3,(H,24,26)/t13-,14-,18+,19+/m0/s1. The van der Waals surface area contributed by atoms with Crippen molar-refractivity contribution in [3.05, 3.63) is 27.7 Å². The molecule has 1 saturated heterocycles. The number of nitrogens with zero attached hydrogens (tertiary/aromatic N) is 1. The first-order chi connectivity index (χ1) is 14.3. The average Bonchev–Trinajstić information content (AvgIpc) is 3.37. The Morgan fingerprint density at radius 2 is 1.67 bits per heavy atom. The molecule has 160 valence electrons. The summed E-state index contributed by atoms with van der Waals surface area (Å²) in [5.41, 5.74) is 2.60. The number of ether oxygens (including phenoxy) is 1. The van der Waals surface area contributed by atoms with Crippen molar-refractivity contribution in [1.29, 1.82) is 0 Å². The van der Waals surface area contributed by atoms with Gasteiger partial charge in [-0.1, -0.05) is 15.9 Å². The number of carbonyl (C=O) groups excluding carboxylic acids is 4. The van der Waals surface area contributed by atoms with Crippen molar-refractivity contribution in [2.45, 2.75) is 39.5 Å². The summed E-state index contributed by atoms with van der Waals surface area (Å²) in [5, 5.41) is 2.71. The smallest absolute Gasteiger partial charge is 0.308 e. The SMILES string of the molecule is Cc1cc(NC(=O)COC(=O)CCN2C(=O)[C@@H]3[C@H]4CC[C@@H](C4)[C@H]3C2=O)cc(C)c1Br. The fraction of sp³-hybridized carbons (Fsp3) is 0.545. The summed E-state index contributed by atoms with van der Waals surface area (Å²) >= 11 is 3.47. The number of nitrogens with one attached hydrogen (secondary N) is 1. The second-order valence-corrected chi connectivity index (χ2v) is 9.39. The third kappa shape index (κ3) is 3.77. The number of esters is 1. The minimum Gasteiger partial charge on any atom is -0.456 e. The molecular formula is C22H25BrN2O5. The number of likely N-dealkylation sites (tertiary alicyclic amines) is 1. The van der Waals surface area contributed by atoms with Crippen molar-refractivity contribution < 1.29 is 23.9 Å². The Kier molecular flexibility index (Phi) is 5.70. The molecule has 8 heteroatoms. The van der Waals surface area contributed by atoms with E-state index in [2.05, 4.69) is 21.2 Å². The van der Waals surface area contributed by atoms with Gasteiger partial charge in [-0.3, -0.25) is 24.1 Å². The number of imide groups is 1. The summed E-state index contributed by atoms with van der Waals surface area (Å²) in [5.74, 6) is -1.04. The molecule has 0 unspecified atom stereocenters. The van der Waals surface area contributed by atoms with Gasteiger partial charge in [-0.05, 0) is 68.2 Å². The number of fused-ring (bicyclic) bond motifs is 5. The number of hydrogen-bond donors (Lipinski definition) is 1. The highest BCUT2D eigenvalue weighted by atomic mass is 79.9. The maximum Gasteiger partial charge on any atom is 0.308 e. The number of carbonyl (C=O) groups is 4. The summed E-state index contributed by atoms with van der Waals surface area (Å²) in [7, 11) is 0. The van der Waals surface area contributed by atoms with Gasteiger partial charge in [0.05, 0.1) is 18.3 Å². The topological polar surface area (TPSA) is 92.8 Å². The van der Waals surface area contributed by atoms with Crippen LogP contribution in [0.4, 0.5) is 5.69 Å². The quantitative estimate of drug-likeness (QED) is 0.503. The Morgan fingerprint density at radius 3 is 2.23 bits per heavy atom. The molecule has 3 fully saturated rings. The average molecular weight is 477 g/mol. The molecule has 0 radical (unpaired) electrons. The number of aryl methyl sites for hydroxylation is 2. The minimum atomic E-state index is -0.603. The van der Waals surface area contributed by atoms with Gasteiger partial charge in [-0.2, -0.15) is 0 Å². The predicted molar refractivity (Wildman–Crippen MR) is 112 cm³/mol. The fourth-order valence-corrected chi connectivity index (χ4v) is 5.56. The number of anilines is 1. The largest absolute Gasteiger partial charge is 0.456 e. The molecule has 2 bridgehead atoms. The Balaban J connectivity index is 1.24. The highest BCUT2D eigenvalue weighted by Crippen LogP contribution is 2.56. The van der Waals surface area contributed by atoms with E-state index < -0.39 is 18.5 Å². The van der Waals surface area contributed by atoms with E-state index in [0.717, 1.165) is 34.9 Å². The highest BCUT2D eigenvalue weighted by molar-refractivity contribution is 9.10. The normalized spacial score (nSPS) is 26.8. The number of rotatable bonds is 6. The van der Waals surface area contributed by atoms with Gasteiger partial charge in [-0.15, -0.1) is 0 Å². The Hall–Kier alpha value is -2.22. The van der Waals surface area contributed by atoms with E-state index in [1.54, 1.807) is 0 Å². The van der Waals surface area contributed by atoms with Gasteiger partial charge >= 0.3 is 5.97 Å². The van der Waals surface area contributed by atoms with Gasteiger partial charge in [0, 0.05) is 16.7 Å². The molecule has 0 aromatic heterocycles. The molecule has 2 aliphatic carbocycles. The van der Waals surface area contributed by atoms with E-state index in [0.29, 0.717) is 17.5 Å². The van der Waals surface area contributed by atoms with Gasteiger partial charge in [-0.25, -0.2) is 0 Å². The van der Waals surface area contributed by atoms with Gasteiger partial charge < -0.3 is 10.1 Å². The van der Waals surface area contributed by atoms with E-state index in [1.807, 2.05) is 26.0 Å². The fourth-order valence-electron chi connectivity index (χ4n) is 5.33. The van der Waals surface area contributed by atoms with Gasteiger partial charge in [0.25, 0.3) is 5.91 Å². The molecule has 7 nitrogen and oxygen atoms in total. The van der Waals surface area contributed by atoms with Crippen molar-refractivity contribution in [2.75, 3.05) is 18.5 Å². The first kappa shape index (κ1) is 21.0. The Labute approximate surface area is 183 Å². The zero-order valence-corrected chi connectivity index (χ0v) is 18.7. The van der Waals surface area contributed by atoms with Crippen LogP contribution in [0.3, 0.4) is 0 Å². The first-order valence-electron chi connectivity index (χ1n) is 10.3. The maximum absolute atomic E-state index is 12.6. The molecule has 3 amide bonds. The predicted octanol–water partition coefficient (Wildman–Crippen LogP) is 2.97. The molecule has 1 aliphatic heterocycles. The van der Waals surface area contributed by atoms with Crippen LogP contribution in [0.2, 0.25) is 0 Å². The van der Waals surface area contributed by atoms with E-state index in [4.69, 9.17) is 4.74 Å². The van der Waals surface area contributed by atoms with Crippen LogP contribution in [0.25, 0.3) is 0 Å². The second-order valence-electron chi connectivity index (χ2n) is 8.60. The molecular weight excluding hydrogens is 452 g/mol. The summed E-state index contributed by atoms with van der Waals surface area (Å²) in [6, 6.07) is 3.65. The van der Waals surface area contributed by atoms with Gasteiger partial charge in [0.1, 0.15) is 0 Å². The van der Waals surface area contributed by atoms with Crippen LogP contribution in [0.1, 0.15) is 36.8 Å². The van der Waals surface area contributed by atoms with Crippen molar-refractivity contribution in [1.82, 2.24) is 4.90 Å². The van der Waals surface area contributed by atoms with Crippen LogP contribution in [0, 0.1) is 37.5 Å². The number of hydrogen-bond acceptors (Lipinski definition) is 5. The van der Waals surface area contributed by atoms with Crippen LogP contribution in [-0.4, -0.2) is 41.7 Å². The highest BCUT2D eigenvalue weighted by Gasteiger charge is 2.60. The summed E-state index contributed by atoms with van der Waals surface area (Å²) in [4.78, 5) is 50.6. The molecule has 4 rings (SSSR count). The Morgan fingerprint density at radius 1 is 1.10 bits per heavy atom. The van der Waals surface area contributed by atoms with Crippen molar-refractivity contribution in [3.63, 3.8) is 0 Å². The lowest BCUT2D eigenvalue weighted by Crippen LogP contribution is -2.35. The minimum absolute atomic E-state index is 0.0235. The molecule has 1 aromatic rings.